The molecule has 1 aliphatic rings. The van der Waals surface area contributed by atoms with Crippen LogP contribution in [0.3, 0.4) is 0 Å². The molecule has 4 rings (SSSR count). The minimum Gasteiger partial charge on any atom is -0.380 e. The fourth-order valence-electron chi connectivity index (χ4n) is 3.88. The summed E-state index contributed by atoms with van der Waals surface area (Å²) in [6, 6.07) is 13.1. The van der Waals surface area contributed by atoms with Gasteiger partial charge in [-0.2, -0.15) is 0 Å². The second-order valence-electron chi connectivity index (χ2n) is 7.61. The van der Waals surface area contributed by atoms with E-state index in [1.165, 1.54) is 6.33 Å². The quantitative estimate of drug-likeness (QED) is 0.532. The van der Waals surface area contributed by atoms with E-state index in [1.54, 1.807) is 6.07 Å². The molecule has 0 spiro atoms. The molecule has 0 unspecified atom stereocenters. The van der Waals surface area contributed by atoms with Gasteiger partial charge in [-0.05, 0) is 49.1 Å². The summed E-state index contributed by atoms with van der Waals surface area (Å²) in [7, 11) is 0. The summed E-state index contributed by atoms with van der Waals surface area (Å²) in [6.07, 6.45) is 3.58. The maximum absolute atomic E-state index is 12.8. The highest BCUT2D eigenvalue weighted by molar-refractivity contribution is 9.10. The van der Waals surface area contributed by atoms with Gasteiger partial charge in [-0.1, -0.05) is 34.1 Å². The minimum absolute atomic E-state index is 0.00488. The van der Waals surface area contributed by atoms with Gasteiger partial charge in [-0.15, -0.1) is 0 Å². The van der Waals surface area contributed by atoms with Crippen molar-refractivity contribution in [3.63, 3.8) is 0 Å². The van der Waals surface area contributed by atoms with Gasteiger partial charge in [0.2, 0.25) is 5.91 Å². The Morgan fingerprint density at radius 1 is 1.23 bits per heavy atom. The number of anilines is 1. The van der Waals surface area contributed by atoms with E-state index in [9.17, 15) is 9.59 Å². The molecule has 0 saturated carbocycles. The van der Waals surface area contributed by atoms with Crippen molar-refractivity contribution < 1.29 is 4.79 Å². The standard InChI is InChI=1S/C22H24BrN5O2/c23-15-6-4-14(5-7-15)12-18(24)22(30)28-10-8-16(9-11-28)27-19-3-1-2-17-20(19)25-13-26-21(17)29/h1-7,13,16,18,27H,8-12,24H2,(H,25,26,29)/t18-/m0/s1. The maximum atomic E-state index is 12.8. The maximum Gasteiger partial charge on any atom is 0.258 e. The number of amides is 1. The van der Waals surface area contributed by atoms with E-state index in [2.05, 4.69) is 31.2 Å². The number of piperidine rings is 1. The van der Waals surface area contributed by atoms with Crippen molar-refractivity contribution in [3.05, 3.63) is 69.2 Å². The molecule has 2 heterocycles. The molecule has 2 aromatic carbocycles. The van der Waals surface area contributed by atoms with Gasteiger partial charge < -0.3 is 20.9 Å². The molecule has 1 aliphatic heterocycles. The highest BCUT2D eigenvalue weighted by atomic mass is 79.9. The number of aromatic amines is 1. The SMILES string of the molecule is N[C@@H](Cc1ccc(Br)cc1)C(=O)N1CCC(Nc2cccc3c(=O)[nH]cnc23)CC1. The minimum atomic E-state index is -0.537. The molecule has 4 N–H and O–H groups in total. The number of carbonyl (C=O) groups is 1. The molecule has 1 aromatic heterocycles. The van der Waals surface area contributed by atoms with Gasteiger partial charge in [0.05, 0.1) is 23.4 Å². The van der Waals surface area contributed by atoms with Crippen LogP contribution in [0.4, 0.5) is 5.69 Å². The predicted octanol–water partition coefficient (Wildman–Crippen LogP) is 2.66. The number of hydrogen-bond donors (Lipinski definition) is 3. The normalized spacial score (nSPS) is 15.9. The van der Waals surface area contributed by atoms with E-state index in [1.807, 2.05) is 41.3 Å². The number of nitrogens with zero attached hydrogens (tertiary/aromatic N) is 2. The molecule has 0 aliphatic carbocycles. The predicted molar refractivity (Wildman–Crippen MR) is 121 cm³/mol. The number of fused-ring (bicyclic) bond motifs is 1. The monoisotopic (exact) mass is 469 g/mol. The number of H-pyrrole nitrogens is 1. The van der Waals surface area contributed by atoms with Crippen molar-refractivity contribution in [1.82, 2.24) is 14.9 Å². The van der Waals surface area contributed by atoms with Crippen molar-refractivity contribution in [2.24, 2.45) is 5.73 Å². The Bertz CT molecular complexity index is 1090. The van der Waals surface area contributed by atoms with Crippen molar-refractivity contribution in [2.45, 2.75) is 31.3 Å². The number of hydrogen-bond acceptors (Lipinski definition) is 5. The largest absolute Gasteiger partial charge is 0.380 e. The summed E-state index contributed by atoms with van der Waals surface area (Å²) in [6.45, 7) is 1.31. The summed E-state index contributed by atoms with van der Waals surface area (Å²) in [5.74, 6) is -0.00488. The number of likely N-dealkylation sites (tertiary alicyclic amines) is 1. The Kier molecular flexibility index (Phi) is 6.15. The Morgan fingerprint density at radius 2 is 1.97 bits per heavy atom. The number of aromatic nitrogens is 2. The molecule has 1 amide bonds. The molecule has 30 heavy (non-hydrogen) atoms. The summed E-state index contributed by atoms with van der Waals surface area (Å²) < 4.78 is 1.01. The number of para-hydroxylation sites is 1. The first kappa shape index (κ1) is 20.6. The Balaban J connectivity index is 1.35. The highest BCUT2D eigenvalue weighted by Crippen LogP contribution is 2.22. The van der Waals surface area contributed by atoms with Crippen LogP contribution in [0.15, 0.2) is 58.1 Å². The average Bonchev–Trinajstić information content (AvgIpc) is 2.76. The zero-order valence-corrected chi connectivity index (χ0v) is 18.1. The lowest BCUT2D eigenvalue weighted by atomic mass is 10.0. The molecule has 1 fully saturated rings. The van der Waals surface area contributed by atoms with Gasteiger partial charge in [0.1, 0.15) is 5.52 Å². The van der Waals surface area contributed by atoms with Gasteiger partial charge in [-0.3, -0.25) is 9.59 Å². The second-order valence-corrected chi connectivity index (χ2v) is 8.53. The van der Waals surface area contributed by atoms with Crippen molar-refractivity contribution in [2.75, 3.05) is 18.4 Å². The first-order valence-corrected chi connectivity index (χ1v) is 10.8. The van der Waals surface area contributed by atoms with E-state index in [0.29, 0.717) is 30.4 Å². The van der Waals surface area contributed by atoms with Crippen LogP contribution in [0.1, 0.15) is 18.4 Å². The lowest BCUT2D eigenvalue weighted by Gasteiger charge is -2.34. The lowest BCUT2D eigenvalue weighted by molar-refractivity contribution is -0.133. The van der Waals surface area contributed by atoms with Crippen molar-refractivity contribution >= 4 is 38.4 Å². The zero-order valence-electron chi connectivity index (χ0n) is 16.5. The van der Waals surface area contributed by atoms with Crippen LogP contribution in [0.5, 0.6) is 0 Å². The van der Waals surface area contributed by atoms with Crippen LogP contribution in [-0.4, -0.2) is 45.9 Å². The van der Waals surface area contributed by atoms with E-state index in [0.717, 1.165) is 28.6 Å². The first-order valence-electron chi connectivity index (χ1n) is 10.0. The lowest BCUT2D eigenvalue weighted by Crippen LogP contribution is -2.49. The van der Waals surface area contributed by atoms with Crippen molar-refractivity contribution in [1.29, 1.82) is 0 Å². The second kappa shape index (κ2) is 8.97. The number of nitrogens with two attached hydrogens (primary N) is 1. The van der Waals surface area contributed by atoms with Crippen LogP contribution in [0, 0.1) is 0 Å². The molecule has 8 heteroatoms. The summed E-state index contributed by atoms with van der Waals surface area (Å²) in [5, 5.41) is 4.06. The van der Waals surface area contributed by atoms with Crippen molar-refractivity contribution in [3.8, 4) is 0 Å². The smallest absolute Gasteiger partial charge is 0.258 e. The van der Waals surface area contributed by atoms with E-state index in [-0.39, 0.29) is 17.5 Å². The third-order valence-corrected chi connectivity index (χ3v) is 6.05. The number of rotatable bonds is 5. The van der Waals surface area contributed by atoms with Crippen LogP contribution >= 0.6 is 15.9 Å². The molecule has 7 nitrogen and oxygen atoms in total. The molecular weight excluding hydrogens is 446 g/mol. The van der Waals surface area contributed by atoms with Crippen LogP contribution in [0.2, 0.25) is 0 Å². The number of nitrogens with one attached hydrogen (secondary N) is 2. The van der Waals surface area contributed by atoms with Gasteiger partial charge in [0, 0.05) is 23.6 Å². The average molecular weight is 470 g/mol. The van der Waals surface area contributed by atoms with Crippen LogP contribution in [-0.2, 0) is 11.2 Å². The third kappa shape index (κ3) is 4.55. The van der Waals surface area contributed by atoms with Crippen LogP contribution < -0.4 is 16.6 Å². The molecule has 0 bridgehead atoms. The Labute approximate surface area is 182 Å². The molecular formula is C22H24BrN5O2. The first-order chi connectivity index (χ1) is 14.5. The van der Waals surface area contributed by atoms with E-state index in [4.69, 9.17) is 5.73 Å². The molecule has 0 radical (unpaired) electrons. The fraction of sp³-hybridized carbons (Fsp3) is 0.318. The van der Waals surface area contributed by atoms with Gasteiger partial charge in [0.25, 0.3) is 5.56 Å². The van der Waals surface area contributed by atoms with E-state index < -0.39 is 6.04 Å². The summed E-state index contributed by atoms with van der Waals surface area (Å²) in [5.41, 5.74) is 8.60. The van der Waals surface area contributed by atoms with Crippen LogP contribution in [0.25, 0.3) is 10.9 Å². The highest BCUT2D eigenvalue weighted by Gasteiger charge is 2.26. The third-order valence-electron chi connectivity index (χ3n) is 5.52. The van der Waals surface area contributed by atoms with Gasteiger partial charge >= 0.3 is 0 Å². The summed E-state index contributed by atoms with van der Waals surface area (Å²) >= 11 is 3.42. The molecule has 3 aromatic rings. The zero-order chi connectivity index (χ0) is 21.1. The topological polar surface area (TPSA) is 104 Å². The Morgan fingerprint density at radius 3 is 2.70 bits per heavy atom. The fourth-order valence-corrected chi connectivity index (χ4v) is 4.14. The summed E-state index contributed by atoms with van der Waals surface area (Å²) in [4.78, 5) is 33.5. The molecule has 1 saturated heterocycles. The van der Waals surface area contributed by atoms with E-state index >= 15 is 0 Å². The molecule has 1 atom stereocenters. The number of halogens is 1. The van der Waals surface area contributed by atoms with Gasteiger partial charge in [-0.25, -0.2) is 4.98 Å². The molecule has 156 valence electrons. The Hall–Kier alpha value is -2.71. The number of benzene rings is 2. The number of carbonyl (C=O) groups excluding carboxylic acids is 1. The van der Waals surface area contributed by atoms with Gasteiger partial charge in [0.15, 0.2) is 0 Å².